The number of aliphatic hydroxyl groups excluding tert-OH is 1. The molecule has 0 bridgehead atoms. The van der Waals surface area contributed by atoms with Crippen molar-refractivity contribution in [2.45, 2.75) is 93.4 Å². The second-order valence-corrected chi connectivity index (χ2v) is 13.5. The van der Waals surface area contributed by atoms with Crippen molar-refractivity contribution < 1.29 is 34.4 Å². The van der Waals surface area contributed by atoms with Crippen molar-refractivity contribution >= 4 is 38.4 Å². The molecule has 2 heterocycles. The number of hydrogen-bond donors (Lipinski definition) is 1. The van der Waals surface area contributed by atoms with E-state index in [1.165, 1.54) is 17.0 Å². The van der Waals surface area contributed by atoms with Gasteiger partial charge < -0.3 is 9.52 Å². The Morgan fingerprint density at radius 2 is 1.40 bits per heavy atom. The Bertz CT molecular complexity index is 1800. The Morgan fingerprint density at radius 1 is 0.822 bits per heavy atom. The molecule has 1 radical (unpaired) electrons. The minimum absolute atomic E-state index is 0. The fourth-order valence-corrected chi connectivity index (χ4v) is 5.52. The molecule has 3 aromatic carbocycles. The molecule has 0 aliphatic carbocycles. The molecule has 45 heavy (non-hydrogen) atoms. The molecule has 0 saturated carbocycles. The van der Waals surface area contributed by atoms with Gasteiger partial charge in [0.2, 0.25) is 0 Å². The van der Waals surface area contributed by atoms with Crippen LogP contribution in [0.3, 0.4) is 0 Å². The normalized spacial score (nSPS) is 12.6. The average Bonchev–Trinajstić information content (AvgIpc) is 3.53. The monoisotopic (exact) mass is 783 g/mol. The third-order valence-corrected chi connectivity index (χ3v) is 9.74. The van der Waals surface area contributed by atoms with Gasteiger partial charge in [-0.2, -0.15) is 0 Å². The van der Waals surface area contributed by atoms with E-state index in [-0.39, 0.29) is 47.9 Å². The van der Waals surface area contributed by atoms with Crippen molar-refractivity contribution in [2.24, 2.45) is 10.8 Å². The number of rotatable bonds is 8. The Kier molecular flexibility index (Phi) is 11.6. The van der Waals surface area contributed by atoms with Gasteiger partial charge in [-0.1, -0.05) is 104 Å². The Morgan fingerprint density at radius 3 is 2.00 bits per heavy atom. The summed E-state index contributed by atoms with van der Waals surface area (Å²) in [7, 11) is 0. The van der Waals surface area contributed by atoms with Crippen molar-refractivity contribution in [2.75, 3.05) is 0 Å². The number of ketones is 1. The maximum absolute atomic E-state index is 12.2. The first-order valence-corrected chi connectivity index (χ1v) is 16.0. The fourth-order valence-electron chi connectivity index (χ4n) is 5.52. The number of benzene rings is 3. The molecule has 0 fully saturated rings. The SMILES string of the molecule is CC(C)(C)c1cc(-c2nc3ccccc3c3occc23)[c-]c2ccccc12.CCC(C)(CC)C(=O)/C=C(\O)C(C)(CC)CC.[Ir]. The van der Waals surface area contributed by atoms with Crippen LogP contribution in [0.25, 0.3) is 43.9 Å². The predicted molar refractivity (Wildman–Crippen MR) is 185 cm³/mol. The molecule has 241 valence electrons. The molecule has 0 saturated heterocycles. The summed E-state index contributed by atoms with van der Waals surface area (Å²) in [5.41, 5.74) is 4.48. The molecule has 5 heteroatoms. The summed E-state index contributed by atoms with van der Waals surface area (Å²) in [5, 5.41) is 14.6. The third-order valence-electron chi connectivity index (χ3n) is 9.74. The van der Waals surface area contributed by atoms with Gasteiger partial charge in [0.05, 0.1) is 11.8 Å². The molecule has 1 N–H and O–H groups in total. The standard InChI is InChI=1S/C25H20NO.C15H28O2.Ir/c1-25(2,3)21-15-17(14-16-8-4-5-9-18(16)21)23-20-12-13-27-24(20)19-10-6-7-11-22(19)26-23;1-7-14(5,8-2)12(16)11-13(17)15(6,9-3)10-4;/h4-13,15H,1-3H3;11,16H,7-10H2,1-6H3;/q-1;;/b;12-11-;. The van der Waals surface area contributed by atoms with Gasteiger partial charge >= 0.3 is 0 Å². The van der Waals surface area contributed by atoms with Crippen molar-refractivity contribution in [1.29, 1.82) is 0 Å². The van der Waals surface area contributed by atoms with E-state index in [1.54, 1.807) is 6.26 Å². The van der Waals surface area contributed by atoms with Gasteiger partial charge in [-0.3, -0.25) is 9.78 Å². The molecule has 0 aliphatic heterocycles. The van der Waals surface area contributed by atoms with E-state index < -0.39 is 0 Å². The van der Waals surface area contributed by atoms with Gasteiger partial charge in [-0.25, -0.2) is 0 Å². The average molecular weight is 783 g/mol. The Hall–Kier alpha value is -3.27. The van der Waals surface area contributed by atoms with Gasteiger partial charge in [0, 0.05) is 53.5 Å². The Labute approximate surface area is 282 Å². The second-order valence-electron chi connectivity index (χ2n) is 13.5. The molecular weight excluding hydrogens is 735 g/mol. The van der Waals surface area contributed by atoms with Crippen LogP contribution >= 0.6 is 0 Å². The molecule has 0 amide bonds. The molecular formula is C40H48IrNO3-. The van der Waals surface area contributed by atoms with E-state index in [2.05, 4.69) is 63.2 Å². The van der Waals surface area contributed by atoms with Crippen LogP contribution in [0.2, 0.25) is 0 Å². The number of nitrogens with zero attached hydrogens (tertiary/aromatic N) is 1. The molecule has 5 rings (SSSR count). The smallest absolute Gasteiger partial charge is 0.164 e. The molecule has 2 aromatic heterocycles. The van der Waals surface area contributed by atoms with Gasteiger partial charge in [0.1, 0.15) is 11.3 Å². The topological polar surface area (TPSA) is 63.3 Å². The van der Waals surface area contributed by atoms with E-state index in [4.69, 9.17) is 9.40 Å². The zero-order valence-electron chi connectivity index (χ0n) is 28.3. The van der Waals surface area contributed by atoms with Crippen LogP contribution in [-0.2, 0) is 30.3 Å². The van der Waals surface area contributed by atoms with Gasteiger partial charge in [0.25, 0.3) is 0 Å². The minimum Gasteiger partial charge on any atom is -0.512 e. The molecule has 0 aliphatic rings. The number of carbonyl (C=O) groups is 1. The van der Waals surface area contributed by atoms with E-state index in [9.17, 15) is 9.90 Å². The fraction of sp³-hybridized carbons (Fsp3) is 0.400. The maximum Gasteiger partial charge on any atom is 0.164 e. The zero-order chi connectivity index (χ0) is 32.3. The number of allylic oxidation sites excluding steroid dienone is 2. The summed E-state index contributed by atoms with van der Waals surface area (Å²) in [6, 6.07) is 24.4. The zero-order valence-corrected chi connectivity index (χ0v) is 30.7. The molecule has 4 nitrogen and oxygen atoms in total. The van der Waals surface area contributed by atoms with E-state index >= 15 is 0 Å². The quantitative estimate of drug-likeness (QED) is 0.0967. The van der Waals surface area contributed by atoms with Crippen LogP contribution in [0, 0.1) is 16.9 Å². The van der Waals surface area contributed by atoms with Gasteiger partial charge in [-0.05, 0) is 49.3 Å². The van der Waals surface area contributed by atoms with E-state index in [1.807, 2.05) is 65.8 Å². The van der Waals surface area contributed by atoms with Crippen molar-refractivity contribution in [3.8, 4) is 11.3 Å². The first kappa shape index (κ1) is 36.2. The van der Waals surface area contributed by atoms with Crippen molar-refractivity contribution in [3.05, 3.63) is 90.4 Å². The summed E-state index contributed by atoms with van der Waals surface area (Å²) in [5.74, 6) is 0.286. The number of aromatic nitrogens is 1. The number of pyridine rings is 1. The molecule has 0 atom stereocenters. The minimum atomic E-state index is -0.337. The summed E-state index contributed by atoms with van der Waals surface area (Å²) in [6.45, 7) is 18.8. The predicted octanol–water partition coefficient (Wildman–Crippen LogP) is 11.5. The first-order chi connectivity index (χ1) is 20.8. The number of para-hydroxylation sites is 1. The van der Waals surface area contributed by atoms with Crippen LogP contribution in [0.1, 0.15) is 93.6 Å². The van der Waals surface area contributed by atoms with Gasteiger partial charge in [0.15, 0.2) is 5.78 Å². The Balaban J connectivity index is 0.000000270. The number of hydrogen-bond acceptors (Lipinski definition) is 4. The molecule has 0 unspecified atom stereocenters. The summed E-state index contributed by atoms with van der Waals surface area (Å²) in [4.78, 5) is 17.2. The van der Waals surface area contributed by atoms with Gasteiger partial charge in [-0.15, -0.1) is 29.1 Å². The molecule has 0 spiro atoms. The largest absolute Gasteiger partial charge is 0.512 e. The number of fused-ring (bicyclic) bond motifs is 4. The molecule has 5 aromatic rings. The number of aliphatic hydroxyl groups is 1. The second kappa shape index (κ2) is 14.4. The van der Waals surface area contributed by atoms with Crippen LogP contribution < -0.4 is 0 Å². The van der Waals surface area contributed by atoms with Crippen molar-refractivity contribution in [3.63, 3.8) is 0 Å². The van der Waals surface area contributed by atoms with Crippen LogP contribution in [0.15, 0.2) is 83.2 Å². The van der Waals surface area contributed by atoms with Crippen LogP contribution in [0.5, 0.6) is 0 Å². The summed E-state index contributed by atoms with van der Waals surface area (Å²) >= 11 is 0. The summed E-state index contributed by atoms with van der Waals surface area (Å²) in [6.07, 6.45) is 6.50. The van der Waals surface area contributed by atoms with E-state index in [0.29, 0.717) is 0 Å². The maximum atomic E-state index is 12.2. The third kappa shape index (κ3) is 7.42. The van der Waals surface area contributed by atoms with E-state index in [0.717, 1.165) is 64.2 Å². The summed E-state index contributed by atoms with van der Waals surface area (Å²) < 4.78 is 5.82. The number of furan rings is 1. The first-order valence-electron chi connectivity index (χ1n) is 16.0. The van der Waals surface area contributed by atoms with Crippen LogP contribution in [0.4, 0.5) is 0 Å². The van der Waals surface area contributed by atoms with Crippen LogP contribution in [-0.4, -0.2) is 15.9 Å². The van der Waals surface area contributed by atoms with Crippen molar-refractivity contribution in [1.82, 2.24) is 4.98 Å². The number of carbonyl (C=O) groups excluding carboxylic acids is 1.